The van der Waals surface area contributed by atoms with Crippen molar-refractivity contribution in [1.82, 2.24) is 19.1 Å². The molecule has 0 fully saturated rings. The van der Waals surface area contributed by atoms with Gasteiger partial charge in [-0.15, -0.1) is 0 Å². The molecule has 1 unspecified atom stereocenters. The maximum Gasteiger partial charge on any atom is 0.147 e. The molecule has 10 rings (SSSR count). The second-order valence-electron chi connectivity index (χ2n) is 11.4. The fraction of sp³-hybridized carbons (Fsp3) is 0.0526. The molecule has 0 spiro atoms. The van der Waals surface area contributed by atoms with Gasteiger partial charge in [-0.3, -0.25) is 9.55 Å². The van der Waals surface area contributed by atoms with Crippen molar-refractivity contribution in [3.05, 3.63) is 156 Å². The van der Waals surface area contributed by atoms with Gasteiger partial charge in [-0.2, -0.15) is 0 Å². The van der Waals surface area contributed by atoms with Crippen LogP contribution in [0.1, 0.15) is 6.42 Å². The highest BCUT2D eigenvalue weighted by Crippen LogP contribution is 2.51. The van der Waals surface area contributed by atoms with Gasteiger partial charge in [0.25, 0.3) is 0 Å². The third-order valence-corrected chi connectivity index (χ3v) is 9.29. The zero-order valence-corrected chi connectivity index (χ0v) is 22.7. The Bertz CT molecular complexity index is 2420. The molecule has 0 radical (unpaired) electrons. The number of hydrogen-bond acceptors (Lipinski definition) is 2. The summed E-state index contributed by atoms with van der Waals surface area (Å²) in [5, 5.41) is 3.41. The van der Waals surface area contributed by atoms with Crippen LogP contribution in [0.15, 0.2) is 156 Å². The fourth-order valence-corrected chi connectivity index (χ4v) is 7.59. The minimum atomic E-state index is 0.238. The van der Waals surface area contributed by atoms with Crippen molar-refractivity contribution < 1.29 is 0 Å². The van der Waals surface area contributed by atoms with E-state index in [-0.39, 0.29) is 5.92 Å². The molecule has 4 aromatic heterocycles. The Kier molecular flexibility index (Phi) is 4.26. The summed E-state index contributed by atoms with van der Waals surface area (Å²) >= 11 is 0. The van der Waals surface area contributed by atoms with Gasteiger partial charge in [0.2, 0.25) is 0 Å². The maximum absolute atomic E-state index is 5.13. The Morgan fingerprint density at radius 2 is 1.60 bits per heavy atom. The van der Waals surface area contributed by atoms with Crippen LogP contribution in [0.3, 0.4) is 0 Å². The highest BCUT2D eigenvalue weighted by Gasteiger charge is 2.36. The second-order valence-corrected chi connectivity index (χ2v) is 11.4. The summed E-state index contributed by atoms with van der Waals surface area (Å²) in [6.07, 6.45) is 23.4. The number of fused-ring (bicyclic) bond motifs is 7. The largest absolute Gasteiger partial charge is 0.306 e. The number of para-hydroxylation sites is 2. The van der Waals surface area contributed by atoms with E-state index in [0.717, 1.165) is 50.6 Å². The van der Waals surface area contributed by atoms with Gasteiger partial charge in [0.1, 0.15) is 5.65 Å². The molecule has 4 heteroatoms. The highest BCUT2D eigenvalue weighted by atomic mass is 15.1. The maximum atomic E-state index is 5.13. The van der Waals surface area contributed by atoms with Crippen molar-refractivity contribution in [1.29, 1.82) is 0 Å². The lowest BCUT2D eigenvalue weighted by molar-refractivity contribution is 0.826. The van der Waals surface area contributed by atoms with E-state index in [1.54, 1.807) is 0 Å². The minimum absolute atomic E-state index is 0.238. The molecule has 4 heterocycles. The van der Waals surface area contributed by atoms with Crippen LogP contribution in [0.5, 0.6) is 0 Å². The number of aromatic nitrogens is 4. The molecule has 0 saturated carbocycles. The van der Waals surface area contributed by atoms with E-state index >= 15 is 0 Å². The Hall–Kier alpha value is -5.48. The number of benzene rings is 2. The van der Waals surface area contributed by atoms with Crippen LogP contribution in [0.25, 0.3) is 55.3 Å². The van der Waals surface area contributed by atoms with E-state index in [2.05, 4.69) is 118 Å². The van der Waals surface area contributed by atoms with Gasteiger partial charge in [0, 0.05) is 34.8 Å². The Morgan fingerprint density at radius 3 is 2.55 bits per heavy atom. The molecule has 0 bridgehead atoms. The summed E-state index contributed by atoms with van der Waals surface area (Å²) in [5.41, 5.74) is 14.6. The van der Waals surface area contributed by atoms with Crippen LogP contribution in [0.2, 0.25) is 0 Å². The van der Waals surface area contributed by atoms with Crippen LogP contribution in [-0.2, 0) is 0 Å². The van der Waals surface area contributed by atoms with Crippen LogP contribution < -0.4 is 0 Å². The number of allylic oxidation sites excluding steroid dienone is 14. The minimum Gasteiger partial charge on any atom is -0.306 e. The van der Waals surface area contributed by atoms with Gasteiger partial charge < -0.3 is 4.57 Å². The first kappa shape index (κ1) is 22.2. The Labute approximate surface area is 241 Å². The van der Waals surface area contributed by atoms with Crippen LogP contribution in [0, 0.1) is 5.92 Å². The topological polar surface area (TPSA) is 35.6 Å². The highest BCUT2D eigenvalue weighted by molar-refractivity contribution is 6.25. The van der Waals surface area contributed by atoms with Crippen molar-refractivity contribution in [2.45, 2.75) is 6.42 Å². The lowest BCUT2D eigenvalue weighted by Crippen LogP contribution is -2.23. The third kappa shape index (κ3) is 2.76. The van der Waals surface area contributed by atoms with Crippen molar-refractivity contribution in [2.24, 2.45) is 5.92 Å². The Morgan fingerprint density at radius 1 is 0.714 bits per heavy atom. The Balaban J connectivity index is 1.36. The summed E-state index contributed by atoms with van der Waals surface area (Å²) in [5.74, 6) is 0.238. The molecule has 4 aliphatic rings. The molecule has 42 heavy (non-hydrogen) atoms. The number of nitrogens with zero attached hydrogens (tertiary/aromatic N) is 4. The van der Waals surface area contributed by atoms with E-state index in [0.29, 0.717) is 0 Å². The summed E-state index contributed by atoms with van der Waals surface area (Å²) < 4.78 is 4.75. The smallest absolute Gasteiger partial charge is 0.147 e. The predicted molar refractivity (Wildman–Crippen MR) is 171 cm³/mol. The summed E-state index contributed by atoms with van der Waals surface area (Å²) in [4.78, 5) is 10.0. The van der Waals surface area contributed by atoms with Crippen LogP contribution >= 0.6 is 0 Å². The number of hydrogen-bond donors (Lipinski definition) is 0. The average Bonchev–Trinajstić information content (AvgIpc) is 3.57. The average molecular weight is 537 g/mol. The van der Waals surface area contributed by atoms with Crippen LogP contribution in [-0.4, -0.2) is 19.1 Å². The third-order valence-electron chi connectivity index (χ3n) is 9.29. The number of rotatable bonds is 2. The van der Waals surface area contributed by atoms with Gasteiger partial charge in [-0.05, 0) is 70.7 Å². The van der Waals surface area contributed by atoms with Gasteiger partial charge in [-0.1, -0.05) is 78.9 Å². The van der Waals surface area contributed by atoms with Crippen molar-refractivity contribution in [3.8, 4) is 5.69 Å². The first-order valence-corrected chi connectivity index (χ1v) is 14.5. The van der Waals surface area contributed by atoms with Crippen LogP contribution in [0.4, 0.5) is 0 Å². The molecule has 4 nitrogen and oxygen atoms in total. The van der Waals surface area contributed by atoms with Gasteiger partial charge >= 0.3 is 0 Å². The predicted octanol–water partition coefficient (Wildman–Crippen LogP) is 8.77. The summed E-state index contributed by atoms with van der Waals surface area (Å²) in [7, 11) is 0. The lowest BCUT2D eigenvalue weighted by atomic mass is 9.68. The molecule has 6 aromatic rings. The van der Waals surface area contributed by atoms with E-state index in [1.807, 2.05) is 18.5 Å². The van der Waals surface area contributed by atoms with E-state index in [1.165, 1.54) is 38.9 Å². The second kappa shape index (κ2) is 8.05. The zero-order chi connectivity index (χ0) is 27.4. The molecule has 4 aliphatic carbocycles. The lowest BCUT2D eigenvalue weighted by Gasteiger charge is -2.37. The summed E-state index contributed by atoms with van der Waals surface area (Å²) in [6, 6.07) is 23.5. The van der Waals surface area contributed by atoms with Gasteiger partial charge in [-0.25, -0.2) is 4.98 Å². The quantitative estimate of drug-likeness (QED) is 0.222. The first-order chi connectivity index (χ1) is 20.9. The molecule has 196 valence electrons. The summed E-state index contributed by atoms with van der Waals surface area (Å²) in [6.45, 7) is 0. The molecule has 0 aliphatic heterocycles. The van der Waals surface area contributed by atoms with Gasteiger partial charge in [0.05, 0.1) is 33.2 Å². The fourth-order valence-electron chi connectivity index (χ4n) is 7.59. The van der Waals surface area contributed by atoms with Crippen molar-refractivity contribution in [3.63, 3.8) is 0 Å². The standard InChI is InChI=1S/C38H24N4/c1-2-10-26(11-3-1)41-30-13-5-4-12-27(30)35-37-29(22-40-38(35)41)36-32(14-7-21-39-36)42(37)31-20-18-25-16-15-23-8-6-9-24-17-19-28(31)34(25)33(23)24/h1-8,10-22,34H,9H2. The zero-order valence-electron chi connectivity index (χ0n) is 22.7. The molecule has 0 N–H and O–H groups in total. The normalized spacial score (nSPS) is 18.9. The molecular weight excluding hydrogens is 512 g/mol. The molecule has 2 aromatic carbocycles. The van der Waals surface area contributed by atoms with E-state index in [4.69, 9.17) is 9.97 Å². The van der Waals surface area contributed by atoms with E-state index in [9.17, 15) is 0 Å². The molecular formula is C38H24N4. The number of pyridine rings is 2. The molecule has 1 atom stereocenters. The van der Waals surface area contributed by atoms with Gasteiger partial charge in [0.15, 0.2) is 0 Å². The first-order valence-electron chi connectivity index (χ1n) is 14.5. The van der Waals surface area contributed by atoms with E-state index < -0.39 is 0 Å². The SMILES string of the molecule is C1=CC2=C3C(=CC=C4C(n5c6cccnc6c6cnc7c(c8ccccc8n7-c7ccccc7)c65)=CC=C(C=C2)C43)C1. The monoisotopic (exact) mass is 536 g/mol. The molecule has 0 saturated heterocycles. The molecule has 0 amide bonds. The van der Waals surface area contributed by atoms with Crippen molar-refractivity contribution in [2.75, 3.05) is 0 Å². The van der Waals surface area contributed by atoms with Crippen molar-refractivity contribution >= 4 is 49.6 Å².